The maximum atomic E-state index is 9.50. The van der Waals surface area contributed by atoms with Gasteiger partial charge in [0.15, 0.2) is 0 Å². The molecular weight excluding hydrogens is 404 g/mol. The molecule has 1 fully saturated rings. The highest BCUT2D eigenvalue weighted by Crippen LogP contribution is 2.51. The number of H-pyrrole nitrogens is 1. The van der Waals surface area contributed by atoms with Crippen molar-refractivity contribution in [3.63, 3.8) is 0 Å². The molecule has 32 heavy (non-hydrogen) atoms. The van der Waals surface area contributed by atoms with Crippen LogP contribution in [0.2, 0.25) is 0 Å². The van der Waals surface area contributed by atoms with Crippen LogP contribution in [-0.4, -0.2) is 44.4 Å². The zero-order valence-corrected chi connectivity index (χ0v) is 17.4. The number of nitrogens with one attached hydrogen (secondary N) is 1. The van der Waals surface area contributed by atoms with Gasteiger partial charge in [-0.25, -0.2) is 9.50 Å². The molecule has 0 bridgehead atoms. The summed E-state index contributed by atoms with van der Waals surface area (Å²) < 4.78 is 5.52. The molecule has 0 amide bonds. The van der Waals surface area contributed by atoms with Crippen molar-refractivity contribution in [1.29, 1.82) is 5.26 Å². The van der Waals surface area contributed by atoms with Crippen molar-refractivity contribution >= 4 is 5.52 Å². The lowest BCUT2D eigenvalue weighted by Crippen LogP contribution is -2.45. The topological polar surface area (TPSA) is 118 Å². The Morgan fingerprint density at radius 3 is 2.72 bits per heavy atom. The molecule has 10 heteroatoms. The average molecular weight is 424 g/mol. The van der Waals surface area contributed by atoms with Gasteiger partial charge in [0.1, 0.15) is 0 Å². The molecule has 0 aliphatic heterocycles. The Kier molecular flexibility index (Phi) is 3.98. The van der Waals surface area contributed by atoms with E-state index in [9.17, 15) is 5.26 Å². The maximum Gasteiger partial charge on any atom is 0.0999 e. The van der Waals surface area contributed by atoms with Gasteiger partial charge in [-0.2, -0.15) is 25.7 Å². The first-order valence-corrected chi connectivity index (χ1v) is 10.4. The van der Waals surface area contributed by atoms with Gasteiger partial charge in [0.2, 0.25) is 0 Å². The van der Waals surface area contributed by atoms with E-state index in [1.165, 1.54) is 0 Å². The molecule has 1 saturated carbocycles. The summed E-state index contributed by atoms with van der Waals surface area (Å²) in [6.07, 6.45) is 15.1. The van der Waals surface area contributed by atoms with E-state index in [4.69, 9.17) is 4.98 Å². The van der Waals surface area contributed by atoms with Crippen LogP contribution < -0.4 is 0 Å². The number of aryl methyl sites for hydroxylation is 1. The zero-order valence-electron chi connectivity index (χ0n) is 17.4. The molecule has 6 rings (SSSR count). The number of aromatic nitrogens is 9. The third kappa shape index (κ3) is 2.82. The Morgan fingerprint density at radius 1 is 1.09 bits per heavy atom. The molecule has 0 saturated heterocycles. The summed E-state index contributed by atoms with van der Waals surface area (Å²) in [5, 5.41) is 30.0. The minimum atomic E-state index is -0.319. The minimum Gasteiger partial charge on any atom is -0.282 e. The summed E-state index contributed by atoms with van der Waals surface area (Å²) in [4.78, 5) is 4.92. The van der Waals surface area contributed by atoms with Crippen LogP contribution in [0.3, 0.4) is 0 Å². The van der Waals surface area contributed by atoms with Crippen LogP contribution >= 0.6 is 0 Å². The van der Waals surface area contributed by atoms with Crippen molar-refractivity contribution < 1.29 is 0 Å². The molecule has 1 aliphatic carbocycles. The number of hydrogen-bond donors (Lipinski definition) is 1. The van der Waals surface area contributed by atoms with Gasteiger partial charge in [-0.15, -0.1) is 0 Å². The highest BCUT2D eigenvalue weighted by atomic mass is 15.3. The largest absolute Gasteiger partial charge is 0.282 e. The summed E-state index contributed by atoms with van der Waals surface area (Å²) in [6.45, 7) is 0. The van der Waals surface area contributed by atoms with Gasteiger partial charge in [0.05, 0.1) is 59.7 Å². The Morgan fingerprint density at radius 2 is 1.97 bits per heavy atom. The summed E-state index contributed by atoms with van der Waals surface area (Å²) >= 11 is 0. The van der Waals surface area contributed by atoms with E-state index >= 15 is 0 Å². The number of aromatic amines is 1. The third-order valence-electron chi connectivity index (χ3n) is 6.36. The summed E-state index contributed by atoms with van der Waals surface area (Å²) in [5.41, 5.74) is 5.08. The Bertz CT molecular complexity index is 1440. The van der Waals surface area contributed by atoms with E-state index in [-0.39, 0.29) is 5.54 Å². The number of rotatable bonds is 5. The highest BCUT2D eigenvalue weighted by Gasteiger charge is 2.47. The molecule has 5 aromatic rings. The highest BCUT2D eigenvalue weighted by molar-refractivity contribution is 5.78. The molecular formula is C22H20N10. The second kappa shape index (κ2) is 6.88. The monoisotopic (exact) mass is 424 g/mol. The number of nitriles is 1. The molecule has 1 aliphatic rings. The van der Waals surface area contributed by atoms with Crippen LogP contribution in [0.5, 0.6) is 0 Å². The normalized spacial score (nSPS) is 20.3. The van der Waals surface area contributed by atoms with Gasteiger partial charge in [-0.3, -0.25) is 14.5 Å². The summed E-state index contributed by atoms with van der Waals surface area (Å²) in [6, 6.07) is 6.30. The van der Waals surface area contributed by atoms with Crippen molar-refractivity contribution in [2.75, 3.05) is 0 Å². The fourth-order valence-corrected chi connectivity index (χ4v) is 4.67. The van der Waals surface area contributed by atoms with Crippen LogP contribution in [0.1, 0.15) is 30.9 Å². The van der Waals surface area contributed by atoms with Gasteiger partial charge >= 0.3 is 0 Å². The molecule has 0 radical (unpaired) electrons. The predicted octanol–water partition coefficient (Wildman–Crippen LogP) is 2.90. The van der Waals surface area contributed by atoms with Crippen LogP contribution in [0, 0.1) is 11.3 Å². The second-order valence-electron chi connectivity index (χ2n) is 8.39. The van der Waals surface area contributed by atoms with E-state index in [1.54, 1.807) is 23.3 Å². The second-order valence-corrected chi connectivity index (χ2v) is 8.39. The Labute approximate surface area is 183 Å². The zero-order chi connectivity index (χ0) is 21.7. The van der Waals surface area contributed by atoms with Crippen molar-refractivity contribution in [1.82, 2.24) is 44.4 Å². The van der Waals surface area contributed by atoms with E-state index in [1.807, 2.05) is 53.2 Å². The van der Waals surface area contributed by atoms with Gasteiger partial charge in [-0.05, 0) is 25.0 Å². The van der Waals surface area contributed by atoms with Crippen molar-refractivity contribution in [2.24, 2.45) is 7.05 Å². The van der Waals surface area contributed by atoms with Crippen LogP contribution in [0.15, 0.2) is 55.5 Å². The molecule has 0 unspecified atom stereocenters. The summed E-state index contributed by atoms with van der Waals surface area (Å²) in [7, 11) is 1.88. The van der Waals surface area contributed by atoms with Crippen LogP contribution in [0.4, 0.5) is 0 Å². The van der Waals surface area contributed by atoms with E-state index in [0.717, 1.165) is 46.6 Å². The lowest BCUT2D eigenvalue weighted by atomic mass is 9.65. The molecule has 0 spiro atoms. The van der Waals surface area contributed by atoms with Crippen molar-refractivity contribution in [3.05, 3.63) is 61.2 Å². The van der Waals surface area contributed by atoms with Crippen molar-refractivity contribution in [3.8, 4) is 28.6 Å². The quantitative estimate of drug-likeness (QED) is 0.463. The van der Waals surface area contributed by atoms with Gasteiger partial charge < -0.3 is 0 Å². The lowest BCUT2D eigenvalue weighted by molar-refractivity contribution is 0.0982. The summed E-state index contributed by atoms with van der Waals surface area (Å²) in [5.74, 6) is 0.354. The Hall–Kier alpha value is -4.26. The SMILES string of the molecule is Cn1cc(-c2cn3nccc3c(-c3cnn(C4(CC#N)CC(c5ccn[nH]5)C4)c3)n2)cn1. The fourth-order valence-electron chi connectivity index (χ4n) is 4.67. The maximum absolute atomic E-state index is 9.50. The van der Waals surface area contributed by atoms with Gasteiger partial charge in [0, 0.05) is 48.4 Å². The minimum absolute atomic E-state index is 0.319. The van der Waals surface area contributed by atoms with E-state index in [2.05, 4.69) is 31.6 Å². The molecule has 10 nitrogen and oxygen atoms in total. The molecule has 5 aromatic heterocycles. The number of nitrogens with zero attached hydrogens (tertiary/aromatic N) is 9. The first-order valence-electron chi connectivity index (χ1n) is 10.4. The average Bonchev–Trinajstić information content (AvgIpc) is 3.56. The number of fused-ring (bicyclic) bond motifs is 1. The third-order valence-corrected chi connectivity index (χ3v) is 6.36. The molecule has 1 N–H and O–H groups in total. The molecule has 0 aromatic carbocycles. The predicted molar refractivity (Wildman–Crippen MR) is 115 cm³/mol. The van der Waals surface area contributed by atoms with E-state index < -0.39 is 0 Å². The Balaban J connectivity index is 1.39. The van der Waals surface area contributed by atoms with Gasteiger partial charge in [0.25, 0.3) is 0 Å². The van der Waals surface area contributed by atoms with Crippen molar-refractivity contribution in [2.45, 2.75) is 30.7 Å². The lowest BCUT2D eigenvalue weighted by Gasteiger charge is -2.46. The smallest absolute Gasteiger partial charge is 0.0999 e. The first-order chi connectivity index (χ1) is 15.6. The fraction of sp³-hybridized carbons (Fsp3) is 0.273. The first kappa shape index (κ1) is 18.5. The standard InChI is InChI=1S/C22H20N10/c1-30-12-16(10-26-30)19-14-31-20(3-7-25-31)21(28-19)17-11-27-32(13-17)22(4-5-23)8-15(9-22)18-2-6-24-29-18/h2-3,6-7,10-15H,4,8-9H2,1H3,(H,24,29). The number of hydrogen-bond acceptors (Lipinski definition) is 6. The molecule has 158 valence electrons. The van der Waals surface area contributed by atoms with Gasteiger partial charge in [-0.1, -0.05) is 0 Å². The van der Waals surface area contributed by atoms with E-state index in [0.29, 0.717) is 12.3 Å². The van der Waals surface area contributed by atoms with Crippen LogP contribution in [-0.2, 0) is 12.6 Å². The van der Waals surface area contributed by atoms with Crippen LogP contribution in [0.25, 0.3) is 28.0 Å². The molecule has 0 atom stereocenters. The molecule has 5 heterocycles.